The van der Waals surface area contributed by atoms with Crippen molar-refractivity contribution in [2.45, 2.75) is 6.42 Å². The predicted molar refractivity (Wildman–Crippen MR) is 88.3 cm³/mol. The van der Waals surface area contributed by atoms with Crippen molar-refractivity contribution in [3.05, 3.63) is 28.2 Å². The van der Waals surface area contributed by atoms with Gasteiger partial charge in [-0.15, -0.1) is 0 Å². The zero-order valence-electron chi connectivity index (χ0n) is 12.5. The van der Waals surface area contributed by atoms with Crippen molar-refractivity contribution < 1.29 is 9.59 Å². The van der Waals surface area contributed by atoms with Crippen molar-refractivity contribution in [1.82, 2.24) is 10.2 Å². The van der Waals surface area contributed by atoms with Crippen molar-refractivity contribution in [3.8, 4) is 0 Å². The van der Waals surface area contributed by atoms with E-state index >= 15 is 0 Å². The van der Waals surface area contributed by atoms with Crippen LogP contribution < -0.4 is 10.6 Å². The summed E-state index contributed by atoms with van der Waals surface area (Å²) in [6, 6.07) is 4.87. The summed E-state index contributed by atoms with van der Waals surface area (Å²) in [4.78, 5) is 26.0. The third kappa shape index (κ3) is 4.60. The molecule has 1 aliphatic carbocycles. The standard InChI is InChI=1S/C15H19Cl2N3O2/c1-20(2)6-5-18-14(21)10-8-11(10)15(22)19-13-7-9(16)3-4-12(13)17/h3-4,7,10-11H,5-6,8H2,1-2H3,(H,18,21)(H,19,22). The topological polar surface area (TPSA) is 61.4 Å². The summed E-state index contributed by atoms with van der Waals surface area (Å²) >= 11 is 11.9. The summed E-state index contributed by atoms with van der Waals surface area (Å²) in [5.41, 5.74) is 0.470. The van der Waals surface area contributed by atoms with Gasteiger partial charge in [-0.3, -0.25) is 9.59 Å². The minimum absolute atomic E-state index is 0.0702. The lowest BCUT2D eigenvalue weighted by Crippen LogP contribution is -2.33. The molecular weight excluding hydrogens is 325 g/mol. The number of likely N-dealkylation sites (N-methyl/N-ethyl adjacent to an activating group) is 1. The van der Waals surface area contributed by atoms with Gasteiger partial charge in [0.15, 0.2) is 0 Å². The monoisotopic (exact) mass is 343 g/mol. The molecule has 0 aromatic heterocycles. The number of carbonyl (C=O) groups is 2. The fourth-order valence-electron chi connectivity index (χ4n) is 2.13. The fourth-order valence-corrected chi connectivity index (χ4v) is 2.46. The Morgan fingerprint density at radius 2 is 1.91 bits per heavy atom. The van der Waals surface area contributed by atoms with Gasteiger partial charge in [-0.1, -0.05) is 23.2 Å². The maximum absolute atomic E-state index is 12.1. The van der Waals surface area contributed by atoms with Gasteiger partial charge in [0.1, 0.15) is 0 Å². The first kappa shape index (κ1) is 17.1. The lowest BCUT2D eigenvalue weighted by molar-refractivity contribution is -0.125. The molecule has 2 rings (SSSR count). The van der Waals surface area contributed by atoms with Crippen LogP contribution in [0.1, 0.15) is 6.42 Å². The molecule has 2 N–H and O–H groups in total. The van der Waals surface area contributed by atoms with Gasteiger partial charge in [0, 0.05) is 18.1 Å². The summed E-state index contributed by atoms with van der Waals surface area (Å²) in [6.07, 6.45) is 0.567. The van der Waals surface area contributed by atoms with Gasteiger partial charge in [0.25, 0.3) is 0 Å². The zero-order valence-corrected chi connectivity index (χ0v) is 14.0. The van der Waals surface area contributed by atoms with E-state index in [2.05, 4.69) is 10.6 Å². The van der Waals surface area contributed by atoms with Crippen molar-refractivity contribution in [3.63, 3.8) is 0 Å². The molecule has 0 saturated heterocycles. The summed E-state index contributed by atoms with van der Waals surface area (Å²) in [5, 5.41) is 6.48. The van der Waals surface area contributed by atoms with E-state index in [9.17, 15) is 9.59 Å². The minimum atomic E-state index is -0.297. The highest BCUT2D eigenvalue weighted by molar-refractivity contribution is 6.35. The predicted octanol–water partition coefficient (Wildman–Crippen LogP) is 2.25. The van der Waals surface area contributed by atoms with Crippen LogP contribution >= 0.6 is 23.2 Å². The van der Waals surface area contributed by atoms with E-state index < -0.39 is 0 Å². The molecule has 2 atom stereocenters. The molecule has 1 aromatic rings. The lowest BCUT2D eigenvalue weighted by Gasteiger charge is -2.10. The van der Waals surface area contributed by atoms with E-state index in [1.807, 2.05) is 19.0 Å². The third-order valence-electron chi connectivity index (χ3n) is 3.51. The third-order valence-corrected chi connectivity index (χ3v) is 4.07. The molecule has 0 radical (unpaired) electrons. The van der Waals surface area contributed by atoms with Gasteiger partial charge >= 0.3 is 0 Å². The first-order valence-corrected chi connectivity index (χ1v) is 7.82. The molecule has 0 bridgehead atoms. The van der Waals surface area contributed by atoms with Crippen LogP contribution in [0.2, 0.25) is 10.0 Å². The molecule has 120 valence electrons. The van der Waals surface area contributed by atoms with Gasteiger partial charge < -0.3 is 15.5 Å². The summed E-state index contributed by atoms with van der Waals surface area (Å²) < 4.78 is 0. The Morgan fingerprint density at radius 1 is 1.23 bits per heavy atom. The number of hydrogen-bond acceptors (Lipinski definition) is 3. The normalized spacial score (nSPS) is 19.9. The second-order valence-electron chi connectivity index (χ2n) is 5.66. The molecule has 1 saturated carbocycles. The average molecular weight is 344 g/mol. The van der Waals surface area contributed by atoms with Gasteiger partial charge in [0.05, 0.1) is 22.5 Å². The Balaban J connectivity index is 1.83. The van der Waals surface area contributed by atoms with E-state index in [0.29, 0.717) is 28.7 Å². The summed E-state index contributed by atoms with van der Waals surface area (Å²) in [5.74, 6) is -0.814. The van der Waals surface area contributed by atoms with Crippen LogP contribution in [0, 0.1) is 11.8 Å². The highest BCUT2D eigenvalue weighted by atomic mass is 35.5. The molecule has 0 heterocycles. The first-order valence-electron chi connectivity index (χ1n) is 7.07. The smallest absolute Gasteiger partial charge is 0.228 e. The van der Waals surface area contributed by atoms with E-state index in [0.717, 1.165) is 6.54 Å². The molecule has 0 spiro atoms. The van der Waals surface area contributed by atoms with Gasteiger partial charge in [0.2, 0.25) is 11.8 Å². The molecule has 7 heteroatoms. The highest BCUT2D eigenvalue weighted by Crippen LogP contribution is 2.40. The Labute approximate surface area is 139 Å². The van der Waals surface area contributed by atoms with Crippen LogP contribution in [0.5, 0.6) is 0 Å². The van der Waals surface area contributed by atoms with Crippen LogP contribution in [-0.2, 0) is 9.59 Å². The molecule has 1 aliphatic rings. The quantitative estimate of drug-likeness (QED) is 0.832. The van der Waals surface area contributed by atoms with E-state index in [1.54, 1.807) is 18.2 Å². The number of rotatable bonds is 6. The van der Waals surface area contributed by atoms with Crippen LogP contribution in [0.25, 0.3) is 0 Å². The molecule has 1 aromatic carbocycles. The number of anilines is 1. The van der Waals surface area contributed by atoms with Crippen molar-refractivity contribution in [2.24, 2.45) is 11.8 Å². The van der Waals surface area contributed by atoms with Crippen molar-refractivity contribution in [1.29, 1.82) is 0 Å². The summed E-state index contributed by atoms with van der Waals surface area (Å²) in [7, 11) is 3.88. The number of amides is 2. The number of halogens is 2. The van der Waals surface area contributed by atoms with Gasteiger partial charge in [-0.25, -0.2) is 0 Å². The molecule has 1 fully saturated rings. The average Bonchev–Trinajstić information content (AvgIpc) is 3.23. The lowest BCUT2D eigenvalue weighted by atomic mass is 10.2. The maximum Gasteiger partial charge on any atom is 0.228 e. The van der Waals surface area contributed by atoms with E-state index in [-0.39, 0.29) is 23.7 Å². The fraction of sp³-hybridized carbons (Fsp3) is 0.467. The number of benzene rings is 1. The molecule has 5 nitrogen and oxygen atoms in total. The van der Waals surface area contributed by atoms with Crippen LogP contribution in [-0.4, -0.2) is 43.9 Å². The molecular formula is C15H19Cl2N3O2. The number of nitrogens with one attached hydrogen (secondary N) is 2. The zero-order chi connectivity index (χ0) is 16.3. The number of hydrogen-bond donors (Lipinski definition) is 2. The second kappa shape index (κ2) is 7.31. The van der Waals surface area contributed by atoms with E-state index in [4.69, 9.17) is 23.2 Å². The van der Waals surface area contributed by atoms with E-state index in [1.165, 1.54) is 0 Å². The Kier molecular flexibility index (Phi) is 5.67. The van der Waals surface area contributed by atoms with Gasteiger partial charge in [-0.2, -0.15) is 0 Å². The number of nitrogens with zero attached hydrogens (tertiary/aromatic N) is 1. The minimum Gasteiger partial charge on any atom is -0.355 e. The van der Waals surface area contributed by atoms with Crippen LogP contribution in [0.3, 0.4) is 0 Å². The highest BCUT2D eigenvalue weighted by Gasteiger charge is 2.47. The molecule has 22 heavy (non-hydrogen) atoms. The van der Waals surface area contributed by atoms with Crippen LogP contribution in [0.4, 0.5) is 5.69 Å². The molecule has 2 unspecified atom stereocenters. The Hall–Kier alpha value is -1.30. The molecule has 0 aliphatic heterocycles. The largest absolute Gasteiger partial charge is 0.355 e. The maximum atomic E-state index is 12.1. The summed E-state index contributed by atoms with van der Waals surface area (Å²) in [6.45, 7) is 1.35. The van der Waals surface area contributed by atoms with Crippen molar-refractivity contribution in [2.75, 3.05) is 32.5 Å². The Morgan fingerprint density at radius 3 is 2.59 bits per heavy atom. The Bertz CT molecular complexity index is 578. The number of carbonyl (C=O) groups excluding carboxylic acids is 2. The van der Waals surface area contributed by atoms with Gasteiger partial charge in [-0.05, 0) is 38.7 Å². The van der Waals surface area contributed by atoms with Crippen LogP contribution in [0.15, 0.2) is 18.2 Å². The van der Waals surface area contributed by atoms with Crippen molar-refractivity contribution >= 4 is 40.7 Å². The first-order chi connectivity index (χ1) is 10.4. The second-order valence-corrected chi connectivity index (χ2v) is 6.50. The SMILES string of the molecule is CN(C)CCNC(=O)C1CC1C(=O)Nc1cc(Cl)ccc1Cl. The molecule has 2 amide bonds.